The first-order chi connectivity index (χ1) is 11.3. The molecule has 0 radical (unpaired) electrons. The molecule has 0 amide bonds. The van der Waals surface area contributed by atoms with E-state index in [0.717, 1.165) is 28.2 Å². The number of halogens is 1. The first-order valence-corrected chi connectivity index (χ1v) is 7.46. The predicted octanol–water partition coefficient (Wildman–Crippen LogP) is 4.21. The van der Waals surface area contributed by atoms with Gasteiger partial charge in [-0.3, -0.25) is 0 Å². The van der Waals surface area contributed by atoms with E-state index in [1.165, 1.54) is 6.33 Å². The molecule has 2 aromatic carbocycles. The molecule has 2 heterocycles. The molecule has 2 aromatic heterocycles. The monoisotopic (exact) mass is 321 g/mol. The fraction of sp³-hybridized carbons (Fsp3) is 0. The van der Waals surface area contributed by atoms with E-state index in [1.54, 1.807) is 10.9 Å². The van der Waals surface area contributed by atoms with Crippen molar-refractivity contribution >= 4 is 34.1 Å². The Morgan fingerprint density at radius 1 is 0.957 bits per heavy atom. The quantitative estimate of drug-likeness (QED) is 0.614. The summed E-state index contributed by atoms with van der Waals surface area (Å²) in [5, 5.41) is 9.22. The van der Waals surface area contributed by atoms with Crippen molar-refractivity contribution in [2.75, 3.05) is 5.32 Å². The molecule has 4 aromatic rings. The minimum absolute atomic E-state index is 0.655. The highest BCUT2D eigenvalue weighted by Gasteiger charge is 2.11. The van der Waals surface area contributed by atoms with E-state index in [9.17, 15) is 0 Å². The van der Waals surface area contributed by atoms with Crippen LogP contribution in [0.2, 0.25) is 5.02 Å². The second-order valence-corrected chi connectivity index (χ2v) is 5.42. The van der Waals surface area contributed by atoms with Gasteiger partial charge in [0.25, 0.3) is 0 Å². The van der Waals surface area contributed by atoms with Gasteiger partial charge in [-0.05, 0) is 30.3 Å². The van der Waals surface area contributed by atoms with Gasteiger partial charge in [-0.25, -0.2) is 14.6 Å². The van der Waals surface area contributed by atoms with Crippen LogP contribution >= 0.6 is 11.6 Å². The molecule has 112 valence electrons. The molecule has 0 bridgehead atoms. The van der Waals surface area contributed by atoms with Gasteiger partial charge in [0, 0.05) is 10.7 Å². The number of para-hydroxylation sites is 1. The maximum absolute atomic E-state index is 6.07. The van der Waals surface area contributed by atoms with Crippen molar-refractivity contribution in [1.29, 1.82) is 0 Å². The van der Waals surface area contributed by atoms with Crippen LogP contribution < -0.4 is 5.32 Å². The Balaban J connectivity index is 1.81. The summed E-state index contributed by atoms with van der Waals surface area (Å²) in [7, 11) is 0. The third kappa shape index (κ3) is 2.62. The van der Waals surface area contributed by atoms with Gasteiger partial charge in [-0.15, -0.1) is 0 Å². The summed E-state index contributed by atoms with van der Waals surface area (Å²) in [5.74, 6) is 0.717. The summed E-state index contributed by atoms with van der Waals surface area (Å²) in [4.78, 5) is 8.68. The van der Waals surface area contributed by atoms with Crippen LogP contribution in [-0.4, -0.2) is 19.7 Å². The van der Waals surface area contributed by atoms with Gasteiger partial charge in [0.1, 0.15) is 12.1 Å². The summed E-state index contributed by atoms with van der Waals surface area (Å²) in [6.45, 7) is 0. The molecule has 4 rings (SSSR count). The van der Waals surface area contributed by atoms with Gasteiger partial charge in [0.15, 0.2) is 5.65 Å². The third-order valence-corrected chi connectivity index (χ3v) is 3.69. The maximum atomic E-state index is 6.07. The minimum atomic E-state index is 0.655. The number of benzene rings is 2. The number of anilines is 2. The fourth-order valence-electron chi connectivity index (χ4n) is 2.40. The molecular formula is C17H12ClN5. The molecular weight excluding hydrogens is 310 g/mol. The molecule has 0 atom stereocenters. The molecule has 23 heavy (non-hydrogen) atoms. The number of fused-ring (bicyclic) bond motifs is 1. The van der Waals surface area contributed by atoms with E-state index in [1.807, 2.05) is 54.6 Å². The van der Waals surface area contributed by atoms with Gasteiger partial charge in [0.2, 0.25) is 0 Å². The molecule has 0 unspecified atom stereocenters. The summed E-state index contributed by atoms with van der Waals surface area (Å²) >= 11 is 6.07. The third-order valence-electron chi connectivity index (χ3n) is 3.46. The molecule has 0 saturated heterocycles. The zero-order chi connectivity index (χ0) is 15.6. The van der Waals surface area contributed by atoms with Crippen molar-refractivity contribution in [2.24, 2.45) is 0 Å². The Morgan fingerprint density at radius 2 is 1.83 bits per heavy atom. The lowest BCUT2D eigenvalue weighted by Crippen LogP contribution is -1.99. The summed E-state index contributed by atoms with van der Waals surface area (Å²) in [6.07, 6.45) is 3.28. The van der Waals surface area contributed by atoms with E-state index >= 15 is 0 Å². The summed E-state index contributed by atoms with van der Waals surface area (Å²) < 4.78 is 1.75. The van der Waals surface area contributed by atoms with Crippen molar-refractivity contribution in [3.05, 3.63) is 72.1 Å². The Labute approximate surface area is 137 Å². The van der Waals surface area contributed by atoms with Gasteiger partial charge >= 0.3 is 0 Å². The molecule has 0 aliphatic heterocycles. The second kappa shape index (κ2) is 5.70. The Morgan fingerprint density at radius 3 is 2.65 bits per heavy atom. The van der Waals surface area contributed by atoms with Crippen LogP contribution in [-0.2, 0) is 0 Å². The zero-order valence-electron chi connectivity index (χ0n) is 12.0. The van der Waals surface area contributed by atoms with E-state index in [0.29, 0.717) is 5.02 Å². The van der Waals surface area contributed by atoms with Crippen LogP contribution in [0.15, 0.2) is 67.1 Å². The normalized spacial score (nSPS) is 10.8. The molecule has 1 N–H and O–H groups in total. The minimum Gasteiger partial charge on any atom is -0.340 e. The molecule has 0 fully saturated rings. The van der Waals surface area contributed by atoms with Crippen molar-refractivity contribution in [2.45, 2.75) is 0 Å². The average Bonchev–Trinajstić information content (AvgIpc) is 3.01. The number of aromatic nitrogens is 4. The van der Waals surface area contributed by atoms with Crippen LogP contribution in [0, 0.1) is 0 Å². The van der Waals surface area contributed by atoms with Gasteiger partial charge in [-0.1, -0.05) is 35.9 Å². The fourth-order valence-corrected chi connectivity index (χ4v) is 2.58. The SMILES string of the molecule is Clc1cccc(-n2ncc3c(Nc4ccccc4)ncnc32)c1. The molecule has 5 nitrogen and oxygen atoms in total. The van der Waals surface area contributed by atoms with Gasteiger partial charge in [-0.2, -0.15) is 5.10 Å². The second-order valence-electron chi connectivity index (χ2n) is 4.99. The highest BCUT2D eigenvalue weighted by atomic mass is 35.5. The highest BCUT2D eigenvalue weighted by molar-refractivity contribution is 6.30. The largest absolute Gasteiger partial charge is 0.340 e. The van der Waals surface area contributed by atoms with Crippen LogP contribution in [0.4, 0.5) is 11.5 Å². The summed E-state index contributed by atoms with van der Waals surface area (Å²) in [6, 6.07) is 17.4. The van der Waals surface area contributed by atoms with E-state index < -0.39 is 0 Å². The number of rotatable bonds is 3. The number of nitrogens with one attached hydrogen (secondary N) is 1. The Kier molecular flexibility index (Phi) is 3.40. The molecule has 0 spiro atoms. The smallest absolute Gasteiger partial charge is 0.168 e. The van der Waals surface area contributed by atoms with Crippen molar-refractivity contribution in [3.63, 3.8) is 0 Å². The lowest BCUT2D eigenvalue weighted by Gasteiger charge is -2.07. The average molecular weight is 322 g/mol. The summed E-state index contributed by atoms with van der Waals surface area (Å²) in [5.41, 5.74) is 2.54. The van der Waals surface area contributed by atoms with E-state index in [-0.39, 0.29) is 0 Å². The lowest BCUT2D eigenvalue weighted by molar-refractivity contribution is 0.895. The molecule has 0 aliphatic rings. The Bertz CT molecular complexity index is 965. The lowest BCUT2D eigenvalue weighted by atomic mass is 10.3. The highest BCUT2D eigenvalue weighted by Crippen LogP contribution is 2.25. The Hall–Kier alpha value is -2.92. The van der Waals surface area contributed by atoms with Crippen molar-refractivity contribution in [3.8, 4) is 5.69 Å². The van der Waals surface area contributed by atoms with Crippen LogP contribution in [0.3, 0.4) is 0 Å². The van der Waals surface area contributed by atoms with Crippen LogP contribution in [0.5, 0.6) is 0 Å². The van der Waals surface area contributed by atoms with Gasteiger partial charge < -0.3 is 5.32 Å². The number of hydrogen-bond donors (Lipinski definition) is 1. The zero-order valence-corrected chi connectivity index (χ0v) is 12.8. The first kappa shape index (κ1) is 13.7. The van der Waals surface area contributed by atoms with E-state index in [4.69, 9.17) is 11.6 Å². The van der Waals surface area contributed by atoms with E-state index in [2.05, 4.69) is 20.4 Å². The molecule has 6 heteroatoms. The molecule has 0 aliphatic carbocycles. The molecule has 0 saturated carbocycles. The topological polar surface area (TPSA) is 55.6 Å². The van der Waals surface area contributed by atoms with Crippen molar-refractivity contribution in [1.82, 2.24) is 19.7 Å². The number of nitrogens with zero attached hydrogens (tertiary/aromatic N) is 4. The number of hydrogen-bond acceptors (Lipinski definition) is 4. The predicted molar refractivity (Wildman–Crippen MR) is 91.4 cm³/mol. The van der Waals surface area contributed by atoms with Crippen LogP contribution in [0.25, 0.3) is 16.7 Å². The van der Waals surface area contributed by atoms with Crippen molar-refractivity contribution < 1.29 is 0 Å². The standard InChI is InChI=1S/C17H12ClN5/c18-12-5-4-8-14(9-12)23-17-15(10-21-23)16(19-11-20-17)22-13-6-2-1-3-7-13/h1-11H,(H,19,20,22). The van der Waals surface area contributed by atoms with Gasteiger partial charge in [0.05, 0.1) is 17.3 Å². The maximum Gasteiger partial charge on any atom is 0.168 e. The first-order valence-electron chi connectivity index (χ1n) is 7.08. The van der Waals surface area contributed by atoms with Crippen LogP contribution in [0.1, 0.15) is 0 Å².